The second-order valence-corrected chi connectivity index (χ2v) is 5.33. The Labute approximate surface area is 138 Å². The number of nitrogens with zero attached hydrogens (tertiary/aromatic N) is 2. The number of rotatable bonds is 3. The van der Waals surface area contributed by atoms with Crippen LogP contribution in [-0.4, -0.2) is 22.5 Å². The first kappa shape index (κ1) is 15.9. The van der Waals surface area contributed by atoms with Crippen molar-refractivity contribution >= 4 is 22.7 Å². The van der Waals surface area contributed by atoms with Gasteiger partial charge in [0.15, 0.2) is 0 Å². The van der Waals surface area contributed by atoms with Gasteiger partial charge in [0.1, 0.15) is 17.2 Å². The van der Waals surface area contributed by atoms with Gasteiger partial charge in [0.2, 0.25) is 0 Å². The quantitative estimate of drug-likeness (QED) is 0.746. The molecule has 6 heteroatoms. The number of fused-ring (bicyclic) bond motifs is 1. The molecule has 3 aromatic rings. The van der Waals surface area contributed by atoms with E-state index in [2.05, 4.69) is 9.97 Å². The van der Waals surface area contributed by atoms with Crippen molar-refractivity contribution in [1.29, 1.82) is 0 Å². The standard InChI is InChI=1S/C18H16FN3O2/c1-3-24-18(23)14-9-21-17(20)16-13(14)6-7-15(22-16)12-5-4-11(19)8-10(12)2/h4-9H,3H2,1-2H3,(H2,20,21). The van der Waals surface area contributed by atoms with Crippen molar-refractivity contribution in [2.24, 2.45) is 0 Å². The second kappa shape index (κ2) is 6.23. The predicted molar refractivity (Wildman–Crippen MR) is 90.0 cm³/mol. The van der Waals surface area contributed by atoms with Crippen LogP contribution < -0.4 is 5.73 Å². The molecule has 0 aliphatic heterocycles. The molecular formula is C18H16FN3O2. The van der Waals surface area contributed by atoms with Gasteiger partial charge >= 0.3 is 5.97 Å². The lowest BCUT2D eigenvalue weighted by Crippen LogP contribution is -2.08. The molecule has 0 amide bonds. The van der Waals surface area contributed by atoms with E-state index in [1.165, 1.54) is 18.3 Å². The number of benzene rings is 1. The molecule has 122 valence electrons. The van der Waals surface area contributed by atoms with Crippen LogP contribution in [0.5, 0.6) is 0 Å². The van der Waals surface area contributed by atoms with E-state index in [1.807, 2.05) is 0 Å². The number of hydrogen-bond donors (Lipinski definition) is 1. The molecule has 5 nitrogen and oxygen atoms in total. The summed E-state index contributed by atoms with van der Waals surface area (Å²) in [6.07, 6.45) is 1.39. The SMILES string of the molecule is CCOC(=O)c1cnc(N)c2nc(-c3ccc(F)cc3C)ccc12. The van der Waals surface area contributed by atoms with Gasteiger partial charge < -0.3 is 10.5 Å². The van der Waals surface area contributed by atoms with E-state index in [9.17, 15) is 9.18 Å². The fourth-order valence-corrected chi connectivity index (χ4v) is 2.57. The van der Waals surface area contributed by atoms with E-state index >= 15 is 0 Å². The summed E-state index contributed by atoms with van der Waals surface area (Å²) in [5, 5.41) is 0.574. The summed E-state index contributed by atoms with van der Waals surface area (Å²) < 4.78 is 18.3. The zero-order valence-electron chi connectivity index (χ0n) is 13.3. The maximum Gasteiger partial charge on any atom is 0.340 e. The van der Waals surface area contributed by atoms with Crippen LogP contribution in [0.1, 0.15) is 22.8 Å². The summed E-state index contributed by atoms with van der Waals surface area (Å²) in [4.78, 5) is 20.6. The number of halogens is 1. The van der Waals surface area contributed by atoms with Crippen molar-refractivity contribution in [1.82, 2.24) is 9.97 Å². The molecule has 0 fully saturated rings. The molecule has 0 saturated carbocycles. The number of nitrogens with two attached hydrogens (primary N) is 1. The Balaban J connectivity index is 2.18. The maximum absolute atomic E-state index is 13.3. The first-order valence-electron chi connectivity index (χ1n) is 7.50. The normalized spacial score (nSPS) is 10.8. The van der Waals surface area contributed by atoms with E-state index in [0.29, 0.717) is 22.2 Å². The van der Waals surface area contributed by atoms with Crippen LogP contribution in [0.25, 0.3) is 22.2 Å². The van der Waals surface area contributed by atoms with Gasteiger partial charge in [-0.05, 0) is 49.7 Å². The number of carbonyl (C=O) groups is 1. The molecule has 0 radical (unpaired) electrons. The number of aryl methyl sites for hydroxylation is 1. The third kappa shape index (κ3) is 2.78. The Kier molecular flexibility index (Phi) is 4.12. The van der Waals surface area contributed by atoms with E-state index in [1.54, 1.807) is 32.0 Å². The highest BCUT2D eigenvalue weighted by atomic mass is 19.1. The second-order valence-electron chi connectivity index (χ2n) is 5.33. The average molecular weight is 325 g/mol. The Morgan fingerprint density at radius 3 is 2.79 bits per heavy atom. The molecule has 0 aliphatic rings. The molecule has 0 atom stereocenters. The molecule has 24 heavy (non-hydrogen) atoms. The van der Waals surface area contributed by atoms with Crippen LogP contribution in [0.15, 0.2) is 36.5 Å². The minimum Gasteiger partial charge on any atom is -0.462 e. The highest BCUT2D eigenvalue weighted by molar-refractivity contribution is 6.06. The van der Waals surface area contributed by atoms with Gasteiger partial charge in [-0.25, -0.2) is 19.2 Å². The average Bonchev–Trinajstić information content (AvgIpc) is 2.55. The number of anilines is 1. The van der Waals surface area contributed by atoms with Crippen molar-refractivity contribution in [3.05, 3.63) is 53.5 Å². The number of nitrogen functional groups attached to an aromatic ring is 1. The summed E-state index contributed by atoms with van der Waals surface area (Å²) in [6.45, 7) is 3.81. The number of carbonyl (C=O) groups excluding carboxylic acids is 1. The van der Waals surface area contributed by atoms with E-state index in [0.717, 1.165) is 11.1 Å². The van der Waals surface area contributed by atoms with Gasteiger partial charge in [-0.3, -0.25) is 0 Å². The summed E-state index contributed by atoms with van der Waals surface area (Å²) >= 11 is 0. The smallest absolute Gasteiger partial charge is 0.340 e. The third-order valence-corrected chi connectivity index (χ3v) is 3.72. The fourth-order valence-electron chi connectivity index (χ4n) is 2.57. The third-order valence-electron chi connectivity index (χ3n) is 3.72. The molecule has 0 bridgehead atoms. The van der Waals surface area contributed by atoms with Crippen molar-refractivity contribution in [3.8, 4) is 11.3 Å². The maximum atomic E-state index is 13.3. The Morgan fingerprint density at radius 2 is 2.08 bits per heavy atom. The molecule has 0 saturated heterocycles. The molecule has 1 aromatic carbocycles. The van der Waals surface area contributed by atoms with Crippen molar-refractivity contribution in [2.45, 2.75) is 13.8 Å². The summed E-state index contributed by atoms with van der Waals surface area (Å²) in [5.74, 6) is -0.551. The predicted octanol–water partition coefficient (Wildman–Crippen LogP) is 3.50. The van der Waals surface area contributed by atoms with Crippen molar-refractivity contribution in [3.63, 3.8) is 0 Å². The topological polar surface area (TPSA) is 78.1 Å². The highest BCUT2D eigenvalue weighted by Crippen LogP contribution is 2.28. The summed E-state index contributed by atoms with van der Waals surface area (Å²) in [5.41, 5.74) is 8.84. The van der Waals surface area contributed by atoms with Crippen LogP contribution in [0, 0.1) is 12.7 Å². The molecule has 2 N–H and O–H groups in total. The largest absolute Gasteiger partial charge is 0.462 e. The zero-order chi connectivity index (χ0) is 17.3. The van der Waals surface area contributed by atoms with Gasteiger partial charge in [-0.2, -0.15) is 0 Å². The van der Waals surface area contributed by atoms with Gasteiger partial charge in [0, 0.05) is 17.1 Å². The molecule has 3 rings (SSSR count). The van der Waals surface area contributed by atoms with Crippen LogP contribution in [0.2, 0.25) is 0 Å². The van der Waals surface area contributed by atoms with E-state index in [4.69, 9.17) is 10.5 Å². The van der Waals surface area contributed by atoms with Crippen LogP contribution in [0.4, 0.5) is 10.2 Å². The lowest BCUT2D eigenvalue weighted by molar-refractivity contribution is 0.0528. The molecule has 2 heterocycles. The van der Waals surface area contributed by atoms with Gasteiger partial charge in [-0.1, -0.05) is 0 Å². The minimum atomic E-state index is -0.470. The van der Waals surface area contributed by atoms with Crippen LogP contribution in [0.3, 0.4) is 0 Å². The number of aromatic nitrogens is 2. The minimum absolute atomic E-state index is 0.222. The highest BCUT2D eigenvalue weighted by Gasteiger charge is 2.16. The number of pyridine rings is 2. The van der Waals surface area contributed by atoms with Gasteiger partial charge in [-0.15, -0.1) is 0 Å². The van der Waals surface area contributed by atoms with Gasteiger partial charge in [0.05, 0.1) is 17.9 Å². The summed E-state index contributed by atoms with van der Waals surface area (Å²) in [6, 6.07) is 8.01. The zero-order valence-corrected chi connectivity index (χ0v) is 13.3. The molecule has 2 aromatic heterocycles. The lowest BCUT2D eigenvalue weighted by Gasteiger charge is -2.10. The first-order valence-corrected chi connectivity index (χ1v) is 7.50. The van der Waals surface area contributed by atoms with E-state index in [-0.39, 0.29) is 18.2 Å². The number of ether oxygens (including phenoxy) is 1. The summed E-state index contributed by atoms with van der Waals surface area (Å²) in [7, 11) is 0. The lowest BCUT2D eigenvalue weighted by atomic mass is 10.0. The Morgan fingerprint density at radius 1 is 1.29 bits per heavy atom. The van der Waals surface area contributed by atoms with Crippen LogP contribution >= 0.6 is 0 Å². The monoisotopic (exact) mass is 325 g/mol. The first-order chi connectivity index (χ1) is 11.5. The number of hydrogen-bond acceptors (Lipinski definition) is 5. The van der Waals surface area contributed by atoms with Crippen molar-refractivity contribution in [2.75, 3.05) is 12.3 Å². The molecule has 0 aliphatic carbocycles. The number of esters is 1. The Bertz CT molecular complexity index is 941. The van der Waals surface area contributed by atoms with E-state index < -0.39 is 5.97 Å². The van der Waals surface area contributed by atoms with Crippen LogP contribution in [-0.2, 0) is 4.74 Å². The molecule has 0 spiro atoms. The van der Waals surface area contributed by atoms with Gasteiger partial charge in [0.25, 0.3) is 0 Å². The fraction of sp³-hybridized carbons (Fsp3) is 0.167. The Hall–Kier alpha value is -3.02. The molecule has 0 unspecified atom stereocenters. The van der Waals surface area contributed by atoms with Crippen molar-refractivity contribution < 1.29 is 13.9 Å². The molecular weight excluding hydrogens is 309 g/mol.